The molecule has 4 aliphatic rings. The Balaban J connectivity index is 1.56. The topological polar surface area (TPSA) is 122 Å². The van der Waals surface area contributed by atoms with Gasteiger partial charge in [-0.2, -0.15) is 0 Å². The lowest BCUT2D eigenvalue weighted by atomic mass is 9.80. The van der Waals surface area contributed by atoms with Crippen molar-refractivity contribution in [1.82, 2.24) is 29.9 Å². The van der Waals surface area contributed by atoms with Crippen LogP contribution in [-0.2, 0) is 19.6 Å². The van der Waals surface area contributed by atoms with Crippen LogP contribution in [0.1, 0.15) is 39.0 Å². The highest BCUT2D eigenvalue weighted by Crippen LogP contribution is 2.40. The Morgan fingerprint density at radius 1 is 1.24 bits per heavy atom. The van der Waals surface area contributed by atoms with Gasteiger partial charge in [0.2, 0.25) is 21.8 Å². The van der Waals surface area contributed by atoms with E-state index in [0.29, 0.717) is 25.9 Å². The molecule has 2 aliphatic heterocycles. The van der Waals surface area contributed by atoms with Crippen molar-refractivity contribution in [3.05, 3.63) is 0 Å². The average Bonchev–Trinajstić information content (AvgIpc) is 3.31. The van der Waals surface area contributed by atoms with E-state index in [-0.39, 0.29) is 42.8 Å². The van der Waals surface area contributed by atoms with Crippen molar-refractivity contribution in [3.63, 3.8) is 0 Å². The van der Waals surface area contributed by atoms with E-state index in [2.05, 4.69) is 10.1 Å². The molecule has 2 saturated carbocycles. The Hall–Kier alpha value is -1.76. The van der Waals surface area contributed by atoms with Gasteiger partial charge in [0.15, 0.2) is 0 Å². The molecule has 4 fully saturated rings. The second-order valence-electron chi connectivity index (χ2n) is 10.6. The fraction of sp³-hybridized carbons (Fsp3) is 0.857. The van der Waals surface area contributed by atoms with E-state index >= 15 is 0 Å². The minimum atomic E-state index is -3.58. The Labute approximate surface area is 195 Å². The predicted molar refractivity (Wildman–Crippen MR) is 121 cm³/mol. The van der Waals surface area contributed by atoms with Gasteiger partial charge in [0.1, 0.15) is 6.54 Å². The van der Waals surface area contributed by atoms with E-state index in [1.165, 1.54) is 14.7 Å². The maximum absolute atomic E-state index is 13.5. The number of likely N-dealkylation sites (N-methyl/N-ethyl adjacent to an activating group) is 1. The minimum Gasteiger partial charge on any atom is -0.347 e. The van der Waals surface area contributed by atoms with Gasteiger partial charge in [-0.1, -0.05) is 0 Å². The number of imide groups is 1. The van der Waals surface area contributed by atoms with E-state index < -0.39 is 33.3 Å². The van der Waals surface area contributed by atoms with Crippen molar-refractivity contribution in [2.24, 2.45) is 11.8 Å². The van der Waals surface area contributed by atoms with Crippen LogP contribution in [0.15, 0.2) is 0 Å². The monoisotopic (exact) mass is 484 g/mol. The molecule has 2 N–H and O–H groups in total. The minimum absolute atomic E-state index is 0.0745. The SMILES string of the molecule is CN1CC(CN2C(=O)C3CC(S(=O)(=O)NC4(C)CC4)CCC3N(CC(=O)N(C)C)C2=O)CN1. The summed E-state index contributed by atoms with van der Waals surface area (Å²) in [5, 5.41) is 1.24. The number of rotatable bonds is 7. The molecule has 2 heterocycles. The Kier molecular flexibility index (Phi) is 6.49. The predicted octanol–water partition coefficient (Wildman–Crippen LogP) is -0.586. The summed E-state index contributed by atoms with van der Waals surface area (Å²) in [5.41, 5.74) is 2.81. The van der Waals surface area contributed by atoms with Gasteiger partial charge >= 0.3 is 6.03 Å². The van der Waals surface area contributed by atoms with Gasteiger partial charge < -0.3 is 9.80 Å². The Morgan fingerprint density at radius 2 is 1.94 bits per heavy atom. The molecule has 11 nitrogen and oxygen atoms in total. The van der Waals surface area contributed by atoms with Gasteiger partial charge in [-0.3, -0.25) is 19.9 Å². The van der Waals surface area contributed by atoms with Crippen LogP contribution in [0.4, 0.5) is 4.79 Å². The van der Waals surface area contributed by atoms with Crippen LogP contribution in [0.3, 0.4) is 0 Å². The largest absolute Gasteiger partial charge is 0.347 e. The van der Waals surface area contributed by atoms with Crippen molar-refractivity contribution >= 4 is 27.9 Å². The lowest BCUT2D eigenvalue weighted by Gasteiger charge is -2.48. The standard InChI is InChI=1S/C21H36N6O5S/c1-21(7-8-21)23-33(31,32)15-5-6-17-16(9-15)19(29)27(12-14-10-22-25(4)11-14)20(30)26(17)13-18(28)24(2)3/h14-17,22-23H,5-13H2,1-4H3. The third-order valence-electron chi connectivity index (χ3n) is 7.48. The van der Waals surface area contributed by atoms with Crippen molar-refractivity contribution in [3.8, 4) is 0 Å². The van der Waals surface area contributed by atoms with E-state index in [1.54, 1.807) is 14.1 Å². The second-order valence-corrected chi connectivity index (χ2v) is 12.5. The molecule has 2 aliphatic carbocycles. The first-order valence-corrected chi connectivity index (χ1v) is 13.2. The molecule has 4 amide bonds. The summed E-state index contributed by atoms with van der Waals surface area (Å²) in [7, 11) is 1.58. The second kappa shape index (κ2) is 8.79. The molecule has 0 spiro atoms. The number of carbonyl (C=O) groups is 3. The van der Waals surface area contributed by atoms with Crippen LogP contribution in [-0.4, -0.2) is 110 Å². The zero-order valence-electron chi connectivity index (χ0n) is 19.9. The van der Waals surface area contributed by atoms with Gasteiger partial charge in [0.25, 0.3) is 0 Å². The molecule has 4 rings (SSSR count). The van der Waals surface area contributed by atoms with Crippen LogP contribution < -0.4 is 10.1 Å². The van der Waals surface area contributed by atoms with Crippen LogP contribution in [0, 0.1) is 11.8 Å². The summed E-state index contributed by atoms with van der Waals surface area (Å²) in [6, 6.07) is -0.909. The number of carbonyl (C=O) groups excluding carboxylic acids is 3. The number of urea groups is 1. The number of fused-ring (bicyclic) bond motifs is 1. The van der Waals surface area contributed by atoms with Crippen molar-refractivity contribution < 1.29 is 22.8 Å². The molecule has 2 saturated heterocycles. The van der Waals surface area contributed by atoms with Crippen molar-refractivity contribution in [1.29, 1.82) is 0 Å². The molecular weight excluding hydrogens is 448 g/mol. The summed E-state index contributed by atoms with van der Waals surface area (Å²) in [5.74, 6) is -1.10. The zero-order chi connectivity index (χ0) is 24.1. The Bertz CT molecular complexity index is 920. The zero-order valence-corrected chi connectivity index (χ0v) is 20.7. The first kappa shape index (κ1) is 24.4. The molecule has 4 atom stereocenters. The molecule has 186 valence electrons. The quantitative estimate of drug-likeness (QED) is 0.495. The third kappa shape index (κ3) is 5.03. The molecule has 0 bridgehead atoms. The third-order valence-corrected chi connectivity index (χ3v) is 9.56. The highest BCUT2D eigenvalue weighted by atomic mass is 32.2. The molecule has 0 aromatic rings. The van der Waals surface area contributed by atoms with E-state index in [0.717, 1.165) is 12.8 Å². The first-order chi connectivity index (χ1) is 15.4. The van der Waals surface area contributed by atoms with E-state index in [4.69, 9.17) is 0 Å². The number of hydrazine groups is 1. The molecule has 0 aromatic heterocycles. The fourth-order valence-electron chi connectivity index (χ4n) is 5.17. The number of sulfonamides is 1. The maximum Gasteiger partial charge on any atom is 0.327 e. The Morgan fingerprint density at radius 3 is 2.52 bits per heavy atom. The molecule has 0 radical (unpaired) electrons. The number of nitrogens with zero attached hydrogens (tertiary/aromatic N) is 4. The molecule has 4 unspecified atom stereocenters. The van der Waals surface area contributed by atoms with Crippen LogP contribution in [0.25, 0.3) is 0 Å². The van der Waals surface area contributed by atoms with Gasteiger partial charge in [-0.05, 0) is 39.0 Å². The number of hydrogen-bond acceptors (Lipinski definition) is 7. The lowest BCUT2D eigenvalue weighted by molar-refractivity contribution is -0.143. The van der Waals surface area contributed by atoms with Crippen LogP contribution in [0.5, 0.6) is 0 Å². The van der Waals surface area contributed by atoms with Gasteiger partial charge in [0, 0.05) is 58.3 Å². The summed E-state index contributed by atoms with van der Waals surface area (Å²) in [6.07, 6.45) is 2.53. The summed E-state index contributed by atoms with van der Waals surface area (Å²) in [4.78, 5) is 43.6. The van der Waals surface area contributed by atoms with Crippen molar-refractivity contribution in [2.45, 2.75) is 55.9 Å². The highest BCUT2D eigenvalue weighted by molar-refractivity contribution is 7.90. The lowest BCUT2D eigenvalue weighted by Crippen LogP contribution is -2.66. The van der Waals surface area contributed by atoms with E-state index in [9.17, 15) is 22.8 Å². The number of nitrogens with one attached hydrogen (secondary N) is 2. The van der Waals surface area contributed by atoms with Gasteiger partial charge in [0.05, 0.1) is 11.2 Å². The first-order valence-electron chi connectivity index (χ1n) is 11.7. The van der Waals surface area contributed by atoms with Gasteiger partial charge in [-0.15, -0.1) is 0 Å². The fourth-order valence-corrected chi connectivity index (χ4v) is 7.13. The summed E-state index contributed by atoms with van der Waals surface area (Å²) in [6.45, 7) is 3.37. The van der Waals surface area contributed by atoms with Crippen LogP contribution in [0.2, 0.25) is 0 Å². The van der Waals surface area contributed by atoms with E-state index in [1.807, 2.05) is 19.0 Å². The molecule has 0 aromatic carbocycles. The average molecular weight is 485 g/mol. The van der Waals surface area contributed by atoms with Gasteiger partial charge in [-0.25, -0.2) is 22.9 Å². The maximum atomic E-state index is 13.5. The summed E-state index contributed by atoms with van der Waals surface area (Å²) >= 11 is 0. The normalized spacial score (nSPS) is 32.1. The molecule has 12 heteroatoms. The molecule has 33 heavy (non-hydrogen) atoms. The number of hydrogen-bond donors (Lipinski definition) is 2. The number of amides is 4. The highest BCUT2D eigenvalue weighted by Gasteiger charge is 2.52. The van der Waals surface area contributed by atoms with Crippen molar-refractivity contribution in [2.75, 3.05) is 47.3 Å². The molecular formula is C21H36N6O5S. The summed E-state index contributed by atoms with van der Waals surface area (Å²) < 4.78 is 28.9. The van der Waals surface area contributed by atoms with Crippen LogP contribution >= 0.6 is 0 Å². The smallest absolute Gasteiger partial charge is 0.327 e.